The average molecular weight is 334 g/mol. The number of aromatic nitrogens is 1. The number of carbonyl (C=O) groups is 1. The van der Waals surface area contributed by atoms with Crippen molar-refractivity contribution < 1.29 is 9.90 Å². The summed E-state index contributed by atoms with van der Waals surface area (Å²) in [6.45, 7) is 1.88. The van der Waals surface area contributed by atoms with Crippen LogP contribution in [0.25, 0.3) is 0 Å². The lowest BCUT2D eigenvalue weighted by atomic mass is 10.1. The monoisotopic (exact) mass is 333 g/mol. The number of hydrogen-bond acceptors (Lipinski definition) is 4. The van der Waals surface area contributed by atoms with Gasteiger partial charge in [0.2, 0.25) is 0 Å². The number of amides is 1. The highest BCUT2D eigenvalue weighted by Crippen LogP contribution is 2.16. The van der Waals surface area contributed by atoms with Crippen molar-refractivity contribution >= 4 is 28.1 Å². The Labute approximate surface area is 124 Å². The van der Waals surface area contributed by atoms with Gasteiger partial charge in [-0.2, -0.15) is 5.10 Å². The van der Waals surface area contributed by atoms with Crippen molar-refractivity contribution in [2.45, 2.75) is 6.92 Å². The molecule has 1 heterocycles. The van der Waals surface area contributed by atoms with E-state index in [2.05, 4.69) is 31.4 Å². The molecule has 0 fully saturated rings. The molecule has 2 rings (SSSR count). The van der Waals surface area contributed by atoms with Crippen LogP contribution in [-0.4, -0.2) is 22.2 Å². The van der Waals surface area contributed by atoms with Gasteiger partial charge in [-0.15, -0.1) is 0 Å². The Bertz CT molecular complexity index is 671. The Balaban J connectivity index is 2.04. The average Bonchev–Trinajstić information content (AvgIpc) is 2.41. The zero-order valence-corrected chi connectivity index (χ0v) is 12.3. The van der Waals surface area contributed by atoms with Gasteiger partial charge < -0.3 is 5.11 Å². The van der Waals surface area contributed by atoms with Crippen LogP contribution in [0.15, 0.2) is 46.2 Å². The van der Waals surface area contributed by atoms with Crippen LogP contribution in [-0.2, 0) is 0 Å². The highest BCUT2D eigenvalue weighted by Gasteiger charge is 2.05. The first-order chi connectivity index (χ1) is 9.56. The lowest BCUT2D eigenvalue weighted by Gasteiger charge is -2.01. The standard InChI is InChI=1S/C14H12BrN3O2/c1-9-2-3-10(13(19)4-9)7-17-18-14(20)11-5-12(15)8-16-6-11/h2-8,19H,1H3,(H,18,20)/b17-7+. The van der Waals surface area contributed by atoms with E-state index < -0.39 is 0 Å². The van der Waals surface area contributed by atoms with E-state index in [0.29, 0.717) is 15.6 Å². The van der Waals surface area contributed by atoms with Gasteiger partial charge in [-0.25, -0.2) is 5.43 Å². The molecule has 5 nitrogen and oxygen atoms in total. The molecule has 2 aromatic rings. The normalized spacial score (nSPS) is 10.7. The molecule has 0 saturated heterocycles. The van der Waals surface area contributed by atoms with Gasteiger partial charge in [-0.3, -0.25) is 9.78 Å². The van der Waals surface area contributed by atoms with Crippen molar-refractivity contribution in [3.8, 4) is 5.75 Å². The van der Waals surface area contributed by atoms with Crippen LogP contribution in [0, 0.1) is 6.92 Å². The number of phenolic OH excluding ortho intramolecular Hbond substituents is 1. The van der Waals surface area contributed by atoms with Crippen molar-refractivity contribution in [1.82, 2.24) is 10.4 Å². The minimum Gasteiger partial charge on any atom is -0.507 e. The van der Waals surface area contributed by atoms with Crippen molar-refractivity contribution in [1.29, 1.82) is 0 Å². The van der Waals surface area contributed by atoms with E-state index in [-0.39, 0.29) is 11.7 Å². The number of carbonyl (C=O) groups excluding carboxylic acids is 1. The zero-order chi connectivity index (χ0) is 14.5. The van der Waals surface area contributed by atoms with Crippen LogP contribution in [0.2, 0.25) is 0 Å². The summed E-state index contributed by atoms with van der Waals surface area (Å²) in [5.74, 6) is -0.256. The number of phenols is 1. The van der Waals surface area contributed by atoms with E-state index >= 15 is 0 Å². The number of aryl methyl sites for hydroxylation is 1. The first-order valence-electron chi connectivity index (χ1n) is 5.80. The Morgan fingerprint density at radius 2 is 2.20 bits per heavy atom. The predicted molar refractivity (Wildman–Crippen MR) is 79.8 cm³/mol. The summed E-state index contributed by atoms with van der Waals surface area (Å²) in [5.41, 5.74) is 4.25. The van der Waals surface area contributed by atoms with Crippen LogP contribution in [0.1, 0.15) is 21.5 Å². The van der Waals surface area contributed by atoms with E-state index in [1.165, 1.54) is 12.4 Å². The maximum atomic E-state index is 11.8. The summed E-state index contributed by atoms with van der Waals surface area (Å²) < 4.78 is 0.713. The fourth-order valence-corrected chi connectivity index (χ4v) is 1.89. The molecule has 0 atom stereocenters. The quantitative estimate of drug-likeness (QED) is 0.669. The molecule has 0 aliphatic rings. The van der Waals surface area contributed by atoms with E-state index in [1.54, 1.807) is 24.4 Å². The van der Waals surface area contributed by atoms with Gasteiger partial charge in [0.15, 0.2) is 0 Å². The van der Waals surface area contributed by atoms with Gasteiger partial charge >= 0.3 is 0 Å². The molecule has 0 aliphatic heterocycles. The number of rotatable bonds is 3. The highest BCUT2D eigenvalue weighted by atomic mass is 79.9. The van der Waals surface area contributed by atoms with E-state index in [0.717, 1.165) is 5.56 Å². The molecule has 20 heavy (non-hydrogen) atoms. The van der Waals surface area contributed by atoms with Gasteiger partial charge in [-0.1, -0.05) is 6.07 Å². The first kappa shape index (κ1) is 14.2. The Morgan fingerprint density at radius 3 is 2.90 bits per heavy atom. The third kappa shape index (κ3) is 3.64. The summed E-state index contributed by atoms with van der Waals surface area (Å²) in [7, 11) is 0. The molecule has 0 aliphatic carbocycles. The number of aromatic hydroxyl groups is 1. The molecular formula is C14H12BrN3O2. The molecule has 1 amide bonds. The Hall–Kier alpha value is -2.21. The van der Waals surface area contributed by atoms with Crippen LogP contribution >= 0.6 is 15.9 Å². The molecule has 0 bridgehead atoms. The number of hydrogen-bond donors (Lipinski definition) is 2. The maximum Gasteiger partial charge on any atom is 0.272 e. The number of nitrogens with one attached hydrogen (secondary N) is 1. The molecule has 6 heteroatoms. The first-order valence-corrected chi connectivity index (χ1v) is 6.59. The van der Waals surface area contributed by atoms with Gasteiger partial charge in [0.25, 0.3) is 5.91 Å². The topological polar surface area (TPSA) is 74.6 Å². The third-order valence-corrected chi connectivity index (χ3v) is 2.96. The van der Waals surface area contributed by atoms with Gasteiger partial charge in [-0.05, 0) is 46.6 Å². The maximum absolute atomic E-state index is 11.8. The molecule has 0 unspecified atom stereocenters. The Kier molecular flexibility index (Phi) is 4.47. The molecule has 1 aromatic carbocycles. The summed E-state index contributed by atoms with van der Waals surface area (Å²) in [6.07, 6.45) is 4.42. The SMILES string of the molecule is Cc1ccc(/C=N/NC(=O)c2cncc(Br)c2)c(O)c1. The van der Waals surface area contributed by atoms with Crippen LogP contribution < -0.4 is 5.43 Å². The second kappa shape index (κ2) is 6.29. The predicted octanol–water partition coefficient (Wildman–Crippen LogP) is 2.62. The van der Waals surface area contributed by atoms with Crippen molar-refractivity contribution in [3.63, 3.8) is 0 Å². The number of nitrogens with zero attached hydrogens (tertiary/aromatic N) is 2. The van der Waals surface area contributed by atoms with Crippen LogP contribution in [0.5, 0.6) is 5.75 Å². The third-order valence-electron chi connectivity index (χ3n) is 2.52. The largest absolute Gasteiger partial charge is 0.507 e. The molecule has 2 N–H and O–H groups in total. The van der Waals surface area contributed by atoms with Gasteiger partial charge in [0.1, 0.15) is 5.75 Å². The fraction of sp³-hybridized carbons (Fsp3) is 0.0714. The molecule has 1 aromatic heterocycles. The second-order valence-corrected chi connectivity index (χ2v) is 5.07. The number of pyridine rings is 1. The van der Waals surface area contributed by atoms with Crippen LogP contribution in [0.3, 0.4) is 0 Å². The van der Waals surface area contributed by atoms with E-state index in [1.807, 2.05) is 13.0 Å². The second-order valence-electron chi connectivity index (χ2n) is 4.15. The van der Waals surface area contributed by atoms with Gasteiger partial charge in [0, 0.05) is 22.4 Å². The molecule has 0 spiro atoms. The fourth-order valence-electron chi connectivity index (χ4n) is 1.52. The summed E-state index contributed by atoms with van der Waals surface area (Å²) >= 11 is 3.24. The lowest BCUT2D eigenvalue weighted by molar-refractivity contribution is 0.0954. The van der Waals surface area contributed by atoms with Crippen molar-refractivity contribution in [3.05, 3.63) is 57.8 Å². The molecular weight excluding hydrogens is 322 g/mol. The van der Waals surface area contributed by atoms with E-state index in [4.69, 9.17) is 0 Å². The van der Waals surface area contributed by atoms with Crippen molar-refractivity contribution in [2.24, 2.45) is 5.10 Å². The van der Waals surface area contributed by atoms with E-state index in [9.17, 15) is 9.90 Å². The summed E-state index contributed by atoms with van der Waals surface area (Å²) in [5, 5.41) is 13.5. The zero-order valence-electron chi connectivity index (χ0n) is 10.7. The molecule has 0 radical (unpaired) electrons. The lowest BCUT2D eigenvalue weighted by Crippen LogP contribution is -2.17. The number of halogens is 1. The molecule has 102 valence electrons. The minimum absolute atomic E-state index is 0.118. The highest BCUT2D eigenvalue weighted by molar-refractivity contribution is 9.10. The molecule has 0 saturated carbocycles. The Morgan fingerprint density at radius 1 is 1.40 bits per heavy atom. The smallest absolute Gasteiger partial charge is 0.272 e. The number of hydrazone groups is 1. The van der Waals surface area contributed by atoms with Gasteiger partial charge in [0.05, 0.1) is 11.8 Å². The van der Waals surface area contributed by atoms with Crippen LogP contribution in [0.4, 0.5) is 0 Å². The summed E-state index contributed by atoms with van der Waals surface area (Å²) in [6, 6.07) is 6.84. The summed E-state index contributed by atoms with van der Waals surface area (Å²) in [4.78, 5) is 15.7. The minimum atomic E-state index is -0.373. The van der Waals surface area contributed by atoms with Crippen molar-refractivity contribution in [2.75, 3.05) is 0 Å². The number of benzene rings is 1.